The smallest absolute Gasteiger partial charge is 0.407 e. The maximum Gasteiger partial charge on any atom is 0.407 e. The third kappa shape index (κ3) is 8.41. The number of methoxy groups -OCH3 is 2. The molecule has 50 heavy (non-hydrogen) atoms. The molecule has 0 saturated carbocycles. The van der Waals surface area contributed by atoms with Crippen molar-refractivity contribution in [2.24, 2.45) is 0 Å². The summed E-state index contributed by atoms with van der Waals surface area (Å²) in [5.41, 5.74) is 1.59. The summed E-state index contributed by atoms with van der Waals surface area (Å²) in [5.74, 6) is -1.65. The molecule has 11 nitrogen and oxygen atoms in total. The lowest BCUT2D eigenvalue weighted by Gasteiger charge is -2.40. The van der Waals surface area contributed by atoms with E-state index in [0.717, 1.165) is 0 Å². The molecule has 0 radical (unpaired) electrons. The number of aromatic nitrogens is 1. The molecule has 3 aromatic carbocycles. The fraction of sp³-hybridized carbons (Fsp3) is 0.306. The monoisotopic (exact) mass is 723 g/mol. The van der Waals surface area contributed by atoms with Gasteiger partial charge in [-0.2, -0.15) is 4.31 Å². The Morgan fingerprint density at radius 2 is 1.72 bits per heavy atom. The van der Waals surface area contributed by atoms with Crippen LogP contribution in [0.1, 0.15) is 36.0 Å². The number of rotatable bonds is 12. The Morgan fingerprint density at radius 3 is 2.38 bits per heavy atom. The average molecular weight is 724 g/mol. The van der Waals surface area contributed by atoms with E-state index in [1.165, 1.54) is 30.7 Å². The van der Waals surface area contributed by atoms with Crippen molar-refractivity contribution < 1.29 is 31.9 Å². The van der Waals surface area contributed by atoms with Gasteiger partial charge in [0.15, 0.2) is 0 Å². The minimum atomic E-state index is -3.84. The molecule has 4 unspecified atom stereocenters. The van der Waals surface area contributed by atoms with Crippen molar-refractivity contribution in [1.82, 2.24) is 19.9 Å². The van der Waals surface area contributed by atoms with Crippen LogP contribution in [0.3, 0.4) is 0 Å². The second-order valence-electron chi connectivity index (χ2n) is 11.9. The Bertz CT molecular complexity index is 1880. The molecular weight excluding hydrogens is 685 g/mol. The van der Waals surface area contributed by atoms with Gasteiger partial charge in [-0.15, -0.1) is 0 Å². The first-order valence-corrected chi connectivity index (χ1v) is 17.8. The molecule has 1 aliphatic rings. The molecule has 4 aromatic rings. The summed E-state index contributed by atoms with van der Waals surface area (Å²) in [5, 5.41) is 9.24. The summed E-state index contributed by atoms with van der Waals surface area (Å²) < 4.78 is 54.6. The molecule has 264 valence electrons. The van der Waals surface area contributed by atoms with Crippen molar-refractivity contribution in [2.45, 2.75) is 48.7 Å². The van der Waals surface area contributed by atoms with Gasteiger partial charge in [-0.05, 0) is 67.3 Å². The van der Waals surface area contributed by atoms with E-state index < -0.39 is 45.8 Å². The van der Waals surface area contributed by atoms with E-state index in [1.54, 1.807) is 79.0 Å². The number of ether oxygens (including phenoxy) is 2. The van der Waals surface area contributed by atoms with Gasteiger partial charge in [-0.1, -0.05) is 54.1 Å². The van der Waals surface area contributed by atoms with Gasteiger partial charge >= 0.3 is 6.09 Å². The molecule has 3 N–H and O–H groups in total. The van der Waals surface area contributed by atoms with Gasteiger partial charge in [0, 0.05) is 59.6 Å². The minimum Gasteiger partial charge on any atom is -0.481 e. The number of nitrogens with zero attached hydrogens (tertiary/aromatic N) is 2. The van der Waals surface area contributed by atoms with Crippen molar-refractivity contribution in [1.29, 1.82) is 0 Å². The summed E-state index contributed by atoms with van der Waals surface area (Å²) in [6.45, 7) is 2.67. The summed E-state index contributed by atoms with van der Waals surface area (Å²) in [6, 6.07) is 20.6. The number of pyridine rings is 1. The van der Waals surface area contributed by atoms with Crippen LogP contribution in [0, 0.1) is 5.82 Å². The fourth-order valence-corrected chi connectivity index (χ4v) is 8.25. The average Bonchev–Trinajstić information content (AvgIpc) is 3.12. The maximum absolute atomic E-state index is 15.6. The number of sulfonamides is 1. The summed E-state index contributed by atoms with van der Waals surface area (Å²) in [6.07, 6.45) is 1.06. The minimum absolute atomic E-state index is 0.111. The van der Waals surface area contributed by atoms with Crippen molar-refractivity contribution in [3.63, 3.8) is 0 Å². The molecule has 14 heteroatoms. The summed E-state index contributed by atoms with van der Waals surface area (Å²) >= 11 is 6.18. The van der Waals surface area contributed by atoms with E-state index in [0.29, 0.717) is 35.1 Å². The number of alkyl carbamates (subject to hydrolysis) is 1. The highest BCUT2D eigenvalue weighted by molar-refractivity contribution is 7.89. The van der Waals surface area contributed by atoms with Crippen LogP contribution < -0.4 is 20.7 Å². The highest BCUT2D eigenvalue weighted by Crippen LogP contribution is 2.32. The predicted molar refractivity (Wildman–Crippen MR) is 188 cm³/mol. The number of nitrogens with one attached hydrogen (secondary N) is 3. The van der Waals surface area contributed by atoms with Gasteiger partial charge in [0.05, 0.1) is 19.1 Å². The SMILES string of the molecule is COC(=O)NC(C(=O)Nc1cccc(F)c1CCC1CNCC(C)N1S(=O)(=O)c1ccccc1)C(c1ccc(Cl)cc1)c1ccc(OC)nc1. The van der Waals surface area contributed by atoms with E-state index in [9.17, 15) is 18.0 Å². The van der Waals surface area contributed by atoms with Crippen molar-refractivity contribution >= 4 is 39.3 Å². The zero-order chi connectivity index (χ0) is 35.8. The quantitative estimate of drug-likeness (QED) is 0.178. The summed E-state index contributed by atoms with van der Waals surface area (Å²) in [7, 11) is -1.18. The van der Waals surface area contributed by atoms with Gasteiger partial charge in [0.25, 0.3) is 0 Å². The number of hydrogen-bond donors (Lipinski definition) is 3. The van der Waals surface area contributed by atoms with E-state index in [4.69, 9.17) is 21.1 Å². The first-order chi connectivity index (χ1) is 24.0. The van der Waals surface area contributed by atoms with Crippen molar-refractivity contribution in [3.8, 4) is 5.88 Å². The van der Waals surface area contributed by atoms with Crippen LogP contribution in [0.25, 0.3) is 0 Å². The second kappa shape index (κ2) is 16.4. The van der Waals surface area contributed by atoms with Crippen LogP contribution in [0.2, 0.25) is 5.02 Å². The molecule has 0 spiro atoms. The van der Waals surface area contributed by atoms with E-state index in [1.807, 2.05) is 6.92 Å². The van der Waals surface area contributed by atoms with Crippen LogP contribution in [-0.2, 0) is 26.0 Å². The number of benzene rings is 3. The van der Waals surface area contributed by atoms with Crippen molar-refractivity contribution in [2.75, 3.05) is 32.6 Å². The number of halogens is 2. The first kappa shape index (κ1) is 36.7. The lowest BCUT2D eigenvalue weighted by molar-refractivity contribution is -0.118. The molecule has 1 saturated heterocycles. The molecule has 2 amide bonds. The molecule has 0 aliphatic carbocycles. The Labute approximate surface area is 296 Å². The molecule has 1 aliphatic heterocycles. The number of anilines is 1. The van der Waals surface area contributed by atoms with Gasteiger partial charge in [0.2, 0.25) is 21.8 Å². The van der Waals surface area contributed by atoms with Crippen LogP contribution >= 0.6 is 11.6 Å². The molecule has 1 aromatic heterocycles. The molecule has 2 heterocycles. The van der Waals surface area contributed by atoms with Crippen LogP contribution in [0.5, 0.6) is 5.88 Å². The standard InChI is InChI=1S/C36H39ClFN5O6S/c1-23-20-39-22-27(43(23)50(46,47)28-8-5-4-6-9-28)17-18-29-30(38)10-7-11-31(29)41-35(44)34(42-36(45)49-3)33(24-12-15-26(37)16-13-24)25-14-19-32(48-2)40-21-25/h4-16,19,21,23,27,33-34,39H,17-18,20,22H2,1-3H3,(H,41,44)(H,42,45). The van der Waals surface area contributed by atoms with Crippen molar-refractivity contribution in [3.05, 3.63) is 119 Å². The van der Waals surface area contributed by atoms with E-state index >= 15 is 4.39 Å². The Morgan fingerprint density at radius 1 is 1.00 bits per heavy atom. The third-order valence-corrected chi connectivity index (χ3v) is 11.0. The Balaban J connectivity index is 1.45. The number of carbonyl (C=O) groups excluding carboxylic acids is 2. The molecule has 4 atom stereocenters. The number of hydrogen-bond acceptors (Lipinski definition) is 8. The van der Waals surface area contributed by atoms with Crippen LogP contribution in [-0.4, -0.2) is 75.1 Å². The van der Waals surface area contributed by atoms with E-state index in [2.05, 4.69) is 20.9 Å². The third-order valence-electron chi connectivity index (χ3n) is 8.67. The van der Waals surface area contributed by atoms with E-state index in [-0.39, 0.29) is 35.0 Å². The summed E-state index contributed by atoms with van der Waals surface area (Å²) in [4.78, 5) is 31.4. The Kier molecular flexibility index (Phi) is 12.1. The normalized spacial score (nSPS) is 17.7. The van der Waals surface area contributed by atoms with Gasteiger partial charge < -0.3 is 25.4 Å². The predicted octanol–water partition coefficient (Wildman–Crippen LogP) is 5.36. The number of amides is 2. The zero-order valence-electron chi connectivity index (χ0n) is 27.8. The number of piperazine rings is 1. The second-order valence-corrected chi connectivity index (χ2v) is 14.2. The van der Waals surface area contributed by atoms with Crippen LogP contribution in [0.15, 0.2) is 96.0 Å². The molecule has 5 rings (SSSR count). The molecule has 1 fully saturated rings. The number of carbonyl (C=O) groups is 2. The van der Waals surface area contributed by atoms with Gasteiger partial charge in [-0.25, -0.2) is 22.6 Å². The lowest BCUT2D eigenvalue weighted by atomic mass is 9.85. The lowest BCUT2D eigenvalue weighted by Crippen LogP contribution is -2.58. The first-order valence-electron chi connectivity index (χ1n) is 16.0. The van der Waals surface area contributed by atoms with Gasteiger partial charge in [0.1, 0.15) is 11.9 Å². The highest BCUT2D eigenvalue weighted by atomic mass is 35.5. The highest BCUT2D eigenvalue weighted by Gasteiger charge is 2.38. The molecular formula is C36H39ClFN5O6S. The van der Waals surface area contributed by atoms with Crippen LogP contribution in [0.4, 0.5) is 14.9 Å². The molecule has 0 bridgehead atoms. The topological polar surface area (TPSA) is 139 Å². The maximum atomic E-state index is 15.6. The fourth-order valence-electron chi connectivity index (χ4n) is 6.26. The zero-order valence-corrected chi connectivity index (χ0v) is 29.4. The Hall–Kier alpha value is -4.56. The largest absolute Gasteiger partial charge is 0.481 e. The van der Waals surface area contributed by atoms with Gasteiger partial charge in [-0.3, -0.25) is 4.79 Å².